The standard InChI is InChI=1S/C32H31ClFNO6/c33-25-12-15-29(27(34)20-25)41-18-2-1-17-40-26-13-9-22(10-14-26)8-11-23-5-3-6-28-32(23)24(19-31(38)39)21-35(28)16-4-7-30(36)37/h3,5-6,8-15,20-21H,1-2,4,7,16-19H2,(H,36,37)(H,38,39)/b11-8+. The van der Waals surface area contributed by atoms with E-state index in [-0.39, 0.29) is 18.6 Å². The first-order valence-corrected chi connectivity index (χ1v) is 13.7. The molecule has 0 aliphatic heterocycles. The number of aromatic nitrogens is 1. The Morgan fingerprint density at radius 3 is 2.37 bits per heavy atom. The highest BCUT2D eigenvalue weighted by Crippen LogP contribution is 2.28. The van der Waals surface area contributed by atoms with E-state index in [0.29, 0.717) is 43.2 Å². The molecule has 2 N–H and O–H groups in total. The Hall–Kier alpha value is -4.30. The van der Waals surface area contributed by atoms with Crippen LogP contribution in [0.3, 0.4) is 0 Å². The van der Waals surface area contributed by atoms with Crippen LogP contribution in [0.25, 0.3) is 23.1 Å². The number of halogens is 2. The smallest absolute Gasteiger partial charge is 0.307 e. The number of carbonyl (C=O) groups is 2. The van der Waals surface area contributed by atoms with E-state index in [1.807, 2.05) is 65.4 Å². The zero-order chi connectivity index (χ0) is 29.2. The second-order valence-corrected chi connectivity index (χ2v) is 9.97. The van der Waals surface area contributed by atoms with Crippen LogP contribution >= 0.6 is 11.6 Å². The van der Waals surface area contributed by atoms with Crippen LogP contribution in [0, 0.1) is 5.82 Å². The summed E-state index contributed by atoms with van der Waals surface area (Å²) in [5, 5.41) is 19.6. The third-order valence-electron chi connectivity index (χ3n) is 6.44. The lowest BCUT2D eigenvalue weighted by Crippen LogP contribution is -2.03. The molecular formula is C32H31ClFNO6. The molecule has 0 saturated carbocycles. The molecule has 0 fully saturated rings. The molecule has 7 nitrogen and oxygen atoms in total. The molecule has 9 heteroatoms. The van der Waals surface area contributed by atoms with Crippen molar-refractivity contribution >= 4 is 46.6 Å². The van der Waals surface area contributed by atoms with Crippen molar-refractivity contribution in [1.29, 1.82) is 0 Å². The summed E-state index contributed by atoms with van der Waals surface area (Å²) in [7, 11) is 0. The molecule has 0 aliphatic rings. The average molecular weight is 580 g/mol. The van der Waals surface area contributed by atoms with Crippen LogP contribution in [0.4, 0.5) is 4.39 Å². The first kappa shape index (κ1) is 29.7. The van der Waals surface area contributed by atoms with Gasteiger partial charge in [0.25, 0.3) is 0 Å². The first-order chi connectivity index (χ1) is 19.8. The highest BCUT2D eigenvalue weighted by atomic mass is 35.5. The van der Waals surface area contributed by atoms with Crippen molar-refractivity contribution in [1.82, 2.24) is 4.57 Å². The van der Waals surface area contributed by atoms with Crippen molar-refractivity contribution in [2.24, 2.45) is 0 Å². The SMILES string of the molecule is O=C(O)CCCn1cc(CC(=O)O)c2c(/C=C/c3ccc(OCCCCOc4ccc(Cl)cc4F)cc3)cccc21. The van der Waals surface area contributed by atoms with Gasteiger partial charge in [-0.1, -0.05) is 48.0 Å². The molecule has 0 saturated heterocycles. The molecular weight excluding hydrogens is 549 g/mol. The molecule has 0 atom stereocenters. The molecule has 0 spiro atoms. The van der Waals surface area contributed by atoms with Crippen LogP contribution in [0.1, 0.15) is 42.4 Å². The minimum atomic E-state index is -0.924. The van der Waals surface area contributed by atoms with Crippen molar-refractivity contribution in [3.8, 4) is 11.5 Å². The number of hydrogen-bond acceptors (Lipinski definition) is 4. The van der Waals surface area contributed by atoms with Gasteiger partial charge in [0.1, 0.15) is 5.75 Å². The summed E-state index contributed by atoms with van der Waals surface area (Å²) >= 11 is 5.75. The van der Waals surface area contributed by atoms with Crippen LogP contribution in [-0.4, -0.2) is 39.9 Å². The fourth-order valence-electron chi connectivity index (χ4n) is 4.52. The number of benzene rings is 3. The predicted molar refractivity (Wildman–Crippen MR) is 157 cm³/mol. The fourth-order valence-corrected chi connectivity index (χ4v) is 4.68. The van der Waals surface area contributed by atoms with Crippen LogP contribution in [0.5, 0.6) is 11.5 Å². The molecule has 0 unspecified atom stereocenters. The minimum Gasteiger partial charge on any atom is -0.494 e. The summed E-state index contributed by atoms with van der Waals surface area (Å²) in [6, 6.07) is 17.7. The zero-order valence-corrected chi connectivity index (χ0v) is 23.1. The molecule has 214 valence electrons. The zero-order valence-electron chi connectivity index (χ0n) is 22.4. The number of ether oxygens (including phenoxy) is 2. The number of unbranched alkanes of at least 4 members (excludes halogenated alkanes) is 1. The van der Waals surface area contributed by atoms with Gasteiger partial charge in [0.2, 0.25) is 0 Å². The number of carboxylic acids is 2. The van der Waals surface area contributed by atoms with E-state index >= 15 is 0 Å². The summed E-state index contributed by atoms with van der Waals surface area (Å²) in [5.41, 5.74) is 3.40. The normalized spacial score (nSPS) is 11.3. The number of aliphatic carboxylic acids is 2. The van der Waals surface area contributed by atoms with E-state index in [9.17, 15) is 19.1 Å². The minimum absolute atomic E-state index is 0.0488. The number of rotatable bonds is 15. The summed E-state index contributed by atoms with van der Waals surface area (Å²) in [6.07, 6.45) is 7.56. The maximum absolute atomic E-state index is 13.7. The maximum Gasteiger partial charge on any atom is 0.307 e. The Morgan fingerprint density at radius 2 is 1.66 bits per heavy atom. The summed E-state index contributed by atoms with van der Waals surface area (Å²) in [4.78, 5) is 22.4. The van der Waals surface area contributed by atoms with Crippen molar-refractivity contribution in [3.05, 3.63) is 94.4 Å². The lowest BCUT2D eigenvalue weighted by molar-refractivity contribution is -0.137. The van der Waals surface area contributed by atoms with Gasteiger partial charge >= 0.3 is 11.9 Å². The van der Waals surface area contributed by atoms with Crippen LogP contribution in [0.2, 0.25) is 5.02 Å². The van der Waals surface area contributed by atoms with Gasteiger partial charge < -0.3 is 24.3 Å². The summed E-state index contributed by atoms with van der Waals surface area (Å²) < 4.78 is 26.9. The molecule has 4 aromatic rings. The van der Waals surface area contributed by atoms with Crippen LogP contribution in [0.15, 0.2) is 66.9 Å². The first-order valence-electron chi connectivity index (χ1n) is 13.3. The number of carboxylic acid groups (broad SMARTS) is 2. The van der Waals surface area contributed by atoms with E-state index in [1.165, 1.54) is 12.1 Å². The Balaban J connectivity index is 1.33. The topological polar surface area (TPSA) is 98.0 Å². The monoisotopic (exact) mass is 579 g/mol. The fraction of sp³-hybridized carbons (Fsp3) is 0.250. The van der Waals surface area contributed by atoms with Crippen LogP contribution in [-0.2, 0) is 22.6 Å². The highest BCUT2D eigenvalue weighted by Gasteiger charge is 2.14. The second-order valence-electron chi connectivity index (χ2n) is 9.54. The van der Waals surface area contributed by atoms with Gasteiger partial charge in [0, 0.05) is 35.1 Å². The maximum atomic E-state index is 13.7. The number of aryl methyl sites for hydroxylation is 1. The van der Waals surface area contributed by atoms with Crippen molar-refractivity contribution in [2.75, 3.05) is 13.2 Å². The average Bonchev–Trinajstić information content (AvgIpc) is 3.28. The molecule has 4 rings (SSSR count). The lowest BCUT2D eigenvalue weighted by atomic mass is 10.0. The van der Waals surface area contributed by atoms with Gasteiger partial charge in [-0.3, -0.25) is 9.59 Å². The Kier molecular flexibility index (Phi) is 10.4. The number of nitrogens with zero attached hydrogens (tertiary/aromatic N) is 1. The highest BCUT2D eigenvalue weighted by molar-refractivity contribution is 6.30. The molecule has 0 radical (unpaired) electrons. The van der Waals surface area contributed by atoms with Crippen molar-refractivity contribution < 1.29 is 33.7 Å². The van der Waals surface area contributed by atoms with E-state index in [0.717, 1.165) is 34.2 Å². The molecule has 3 aromatic carbocycles. The third-order valence-corrected chi connectivity index (χ3v) is 6.68. The lowest BCUT2D eigenvalue weighted by Gasteiger charge is -2.09. The predicted octanol–water partition coefficient (Wildman–Crippen LogP) is 7.33. The quantitative estimate of drug-likeness (QED) is 0.113. The van der Waals surface area contributed by atoms with Crippen molar-refractivity contribution in [2.45, 2.75) is 38.6 Å². The Labute approximate surface area is 242 Å². The van der Waals surface area contributed by atoms with E-state index in [1.54, 1.807) is 6.07 Å². The number of hydrogen-bond donors (Lipinski definition) is 2. The molecule has 1 heterocycles. The van der Waals surface area contributed by atoms with E-state index < -0.39 is 17.8 Å². The van der Waals surface area contributed by atoms with Crippen LogP contribution < -0.4 is 9.47 Å². The van der Waals surface area contributed by atoms with Gasteiger partial charge in [-0.2, -0.15) is 0 Å². The summed E-state index contributed by atoms with van der Waals surface area (Å²) in [6.45, 7) is 1.36. The molecule has 0 aliphatic carbocycles. The third kappa shape index (κ3) is 8.59. The van der Waals surface area contributed by atoms with Gasteiger partial charge in [-0.05, 0) is 72.4 Å². The Bertz CT molecular complexity index is 1530. The van der Waals surface area contributed by atoms with Crippen molar-refractivity contribution in [3.63, 3.8) is 0 Å². The summed E-state index contributed by atoms with van der Waals surface area (Å²) in [5.74, 6) is -1.35. The van der Waals surface area contributed by atoms with E-state index in [4.69, 9.17) is 26.2 Å². The largest absolute Gasteiger partial charge is 0.494 e. The Morgan fingerprint density at radius 1 is 0.902 bits per heavy atom. The van der Waals surface area contributed by atoms with E-state index in [2.05, 4.69) is 0 Å². The molecule has 1 aromatic heterocycles. The van der Waals surface area contributed by atoms with Gasteiger partial charge in [0.05, 0.1) is 19.6 Å². The second kappa shape index (κ2) is 14.4. The molecule has 0 amide bonds. The van der Waals surface area contributed by atoms with Gasteiger partial charge in [-0.15, -0.1) is 0 Å². The number of fused-ring (bicyclic) bond motifs is 1. The van der Waals surface area contributed by atoms with Gasteiger partial charge in [-0.25, -0.2) is 4.39 Å². The van der Waals surface area contributed by atoms with Gasteiger partial charge in [0.15, 0.2) is 11.6 Å². The molecule has 0 bridgehead atoms. The molecule has 41 heavy (non-hydrogen) atoms.